The summed E-state index contributed by atoms with van der Waals surface area (Å²) in [6.45, 7) is 0.700. The Morgan fingerprint density at radius 2 is 2.06 bits per heavy atom. The van der Waals surface area contributed by atoms with Gasteiger partial charge in [0.2, 0.25) is 0 Å². The summed E-state index contributed by atoms with van der Waals surface area (Å²) >= 11 is 0. The standard InChI is InChI=1S/C13H14N4/c14-7-11-9-17-13(15)6-12(11)16-8-10-4-2-1-3-5-10/h1-7,9,14H,8H2,(H3,15,16,17). The first-order chi connectivity index (χ1) is 8.29. The average Bonchev–Trinajstić information content (AvgIpc) is 2.38. The first kappa shape index (κ1) is 11.1. The second-order valence-electron chi connectivity index (χ2n) is 3.68. The molecule has 0 aliphatic rings. The summed E-state index contributed by atoms with van der Waals surface area (Å²) in [5.74, 6) is 0.450. The Morgan fingerprint density at radius 3 is 2.76 bits per heavy atom. The number of nitrogen functional groups attached to an aromatic ring is 1. The third kappa shape index (κ3) is 2.81. The minimum absolute atomic E-state index is 0.450. The molecule has 2 rings (SSSR count). The molecule has 4 heteroatoms. The van der Waals surface area contributed by atoms with Crippen molar-refractivity contribution in [3.8, 4) is 0 Å². The van der Waals surface area contributed by atoms with Gasteiger partial charge in [-0.1, -0.05) is 30.3 Å². The molecule has 0 unspecified atom stereocenters. The molecule has 1 aromatic carbocycles. The van der Waals surface area contributed by atoms with Crippen molar-refractivity contribution in [2.75, 3.05) is 11.1 Å². The molecule has 0 fully saturated rings. The van der Waals surface area contributed by atoms with Gasteiger partial charge in [0, 0.05) is 36.3 Å². The highest BCUT2D eigenvalue weighted by Gasteiger charge is 2.01. The van der Waals surface area contributed by atoms with Crippen LogP contribution in [0.3, 0.4) is 0 Å². The average molecular weight is 226 g/mol. The number of rotatable bonds is 4. The van der Waals surface area contributed by atoms with E-state index in [0.717, 1.165) is 11.3 Å². The second-order valence-corrected chi connectivity index (χ2v) is 3.68. The molecule has 0 bridgehead atoms. The molecule has 0 aliphatic heterocycles. The van der Waals surface area contributed by atoms with E-state index in [1.54, 1.807) is 12.3 Å². The molecule has 4 N–H and O–H groups in total. The van der Waals surface area contributed by atoms with Gasteiger partial charge in [-0.3, -0.25) is 0 Å². The monoisotopic (exact) mass is 226 g/mol. The number of anilines is 2. The third-order valence-electron chi connectivity index (χ3n) is 2.44. The lowest BCUT2D eigenvalue weighted by molar-refractivity contribution is 1.14. The number of aromatic nitrogens is 1. The van der Waals surface area contributed by atoms with Crippen molar-refractivity contribution in [1.29, 1.82) is 5.41 Å². The third-order valence-corrected chi connectivity index (χ3v) is 2.44. The van der Waals surface area contributed by atoms with Crippen molar-refractivity contribution in [2.45, 2.75) is 6.54 Å². The first-order valence-electron chi connectivity index (χ1n) is 5.33. The summed E-state index contributed by atoms with van der Waals surface area (Å²) in [6, 6.07) is 11.8. The van der Waals surface area contributed by atoms with Crippen LogP contribution in [0.4, 0.5) is 11.5 Å². The van der Waals surface area contributed by atoms with Gasteiger partial charge in [-0.2, -0.15) is 0 Å². The second kappa shape index (κ2) is 5.12. The summed E-state index contributed by atoms with van der Waals surface area (Å²) < 4.78 is 0. The highest BCUT2D eigenvalue weighted by atomic mass is 14.9. The number of nitrogens with one attached hydrogen (secondary N) is 2. The van der Waals surface area contributed by atoms with Crippen LogP contribution in [0.5, 0.6) is 0 Å². The highest BCUT2D eigenvalue weighted by Crippen LogP contribution is 2.16. The number of benzene rings is 1. The predicted octanol–water partition coefficient (Wildman–Crippen LogP) is 2.27. The van der Waals surface area contributed by atoms with Gasteiger partial charge in [-0.05, 0) is 5.56 Å². The Labute approximate surface area is 100 Å². The number of hydrogen-bond acceptors (Lipinski definition) is 4. The van der Waals surface area contributed by atoms with Crippen LogP contribution < -0.4 is 11.1 Å². The van der Waals surface area contributed by atoms with Crippen molar-refractivity contribution in [3.05, 3.63) is 53.7 Å². The van der Waals surface area contributed by atoms with Crippen molar-refractivity contribution in [2.24, 2.45) is 0 Å². The molecule has 0 radical (unpaired) electrons. The van der Waals surface area contributed by atoms with Gasteiger partial charge in [0.15, 0.2) is 0 Å². The molecule has 4 nitrogen and oxygen atoms in total. The lowest BCUT2D eigenvalue weighted by Crippen LogP contribution is -2.04. The zero-order valence-corrected chi connectivity index (χ0v) is 9.35. The number of hydrogen-bond donors (Lipinski definition) is 3. The van der Waals surface area contributed by atoms with Crippen molar-refractivity contribution >= 4 is 17.7 Å². The van der Waals surface area contributed by atoms with Crippen molar-refractivity contribution in [1.82, 2.24) is 4.98 Å². The van der Waals surface area contributed by atoms with E-state index in [4.69, 9.17) is 11.1 Å². The van der Waals surface area contributed by atoms with Gasteiger partial charge in [0.1, 0.15) is 5.82 Å². The maximum atomic E-state index is 7.29. The molecule has 2 aromatic rings. The molecule has 1 aromatic heterocycles. The molecule has 0 amide bonds. The van der Waals surface area contributed by atoms with Gasteiger partial charge in [-0.25, -0.2) is 4.98 Å². The summed E-state index contributed by atoms with van der Waals surface area (Å²) in [7, 11) is 0. The van der Waals surface area contributed by atoms with Crippen LogP contribution >= 0.6 is 0 Å². The molecular formula is C13H14N4. The van der Waals surface area contributed by atoms with E-state index in [2.05, 4.69) is 10.3 Å². The Hall–Kier alpha value is -2.36. The van der Waals surface area contributed by atoms with Crippen LogP contribution in [-0.4, -0.2) is 11.2 Å². The van der Waals surface area contributed by atoms with E-state index in [-0.39, 0.29) is 0 Å². The van der Waals surface area contributed by atoms with E-state index >= 15 is 0 Å². The van der Waals surface area contributed by atoms with E-state index in [0.29, 0.717) is 12.4 Å². The van der Waals surface area contributed by atoms with Crippen LogP contribution in [-0.2, 0) is 6.54 Å². The minimum Gasteiger partial charge on any atom is -0.384 e. The number of nitrogens with zero attached hydrogens (tertiary/aromatic N) is 1. The predicted molar refractivity (Wildman–Crippen MR) is 70.3 cm³/mol. The van der Waals surface area contributed by atoms with Crippen LogP contribution in [0.1, 0.15) is 11.1 Å². The maximum absolute atomic E-state index is 7.29. The molecule has 0 saturated carbocycles. The molecule has 17 heavy (non-hydrogen) atoms. The quantitative estimate of drug-likeness (QED) is 0.700. The normalized spacial score (nSPS) is 9.88. The molecule has 86 valence electrons. The number of nitrogens with two attached hydrogens (primary N) is 1. The van der Waals surface area contributed by atoms with Gasteiger partial charge in [-0.15, -0.1) is 0 Å². The van der Waals surface area contributed by atoms with Crippen LogP contribution in [0.15, 0.2) is 42.6 Å². The minimum atomic E-state index is 0.450. The lowest BCUT2D eigenvalue weighted by Gasteiger charge is -2.09. The van der Waals surface area contributed by atoms with Crippen molar-refractivity contribution < 1.29 is 0 Å². The lowest BCUT2D eigenvalue weighted by atomic mass is 10.2. The Kier molecular flexibility index (Phi) is 3.35. The zero-order chi connectivity index (χ0) is 12.1. The topological polar surface area (TPSA) is 74.8 Å². The van der Waals surface area contributed by atoms with Crippen LogP contribution in [0.25, 0.3) is 0 Å². The first-order valence-corrected chi connectivity index (χ1v) is 5.33. The van der Waals surface area contributed by atoms with Crippen LogP contribution in [0.2, 0.25) is 0 Å². The summed E-state index contributed by atoms with van der Waals surface area (Å²) in [5, 5.41) is 10.5. The van der Waals surface area contributed by atoms with Crippen LogP contribution in [0, 0.1) is 5.41 Å². The number of pyridine rings is 1. The highest BCUT2D eigenvalue weighted by molar-refractivity contribution is 5.86. The van der Waals surface area contributed by atoms with E-state index in [9.17, 15) is 0 Å². The molecule has 0 saturated heterocycles. The summed E-state index contributed by atoms with van der Waals surface area (Å²) in [6.07, 6.45) is 2.86. The van der Waals surface area contributed by atoms with E-state index in [1.165, 1.54) is 11.8 Å². The molecule has 0 atom stereocenters. The van der Waals surface area contributed by atoms with Gasteiger partial charge < -0.3 is 16.5 Å². The fourth-order valence-electron chi connectivity index (χ4n) is 1.54. The largest absolute Gasteiger partial charge is 0.384 e. The summed E-state index contributed by atoms with van der Waals surface area (Å²) in [5.41, 5.74) is 8.37. The Morgan fingerprint density at radius 1 is 1.29 bits per heavy atom. The zero-order valence-electron chi connectivity index (χ0n) is 9.35. The van der Waals surface area contributed by atoms with Gasteiger partial charge in [0.25, 0.3) is 0 Å². The molecular weight excluding hydrogens is 212 g/mol. The fraction of sp³-hybridized carbons (Fsp3) is 0.0769. The van der Waals surface area contributed by atoms with Gasteiger partial charge in [0.05, 0.1) is 0 Å². The van der Waals surface area contributed by atoms with E-state index < -0.39 is 0 Å². The van der Waals surface area contributed by atoms with E-state index in [1.807, 2.05) is 30.3 Å². The maximum Gasteiger partial charge on any atom is 0.125 e. The molecule has 1 heterocycles. The van der Waals surface area contributed by atoms with Gasteiger partial charge >= 0.3 is 0 Å². The smallest absolute Gasteiger partial charge is 0.125 e. The molecule has 0 aliphatic carbocycles. The fourth-order valence-corrected chi connectivity index (χ4v) is 1.54. The van der Waals surface area contributed by atoms with Crippen molar-refractivity contribution in [3.63, 3.8) is 0 Å². The Bertz CT molecular complexity index is 508. The SMILES string of the molecule is N=Cc1cnc(N)cc1NCc1ccccc1. The molecule has 0 spiro atoms. The summed E-state index contributed by atoms with van der Waals surface area (Å²) in [4.78, 5) is 3.95. The Balaban J connectivity index is 2.13.